The highest BCUT2D eigenvalue weighted by molar-refractivity contribution is 5.78. The van der Waals surface area contributed by atoms with Crippen molar-refractivity contribution in [2.45, 2.75) is 51.5 Å². The SMILES string of the molecule is O=C(CN1CCCCCCC1)N1CCCC(Cn2ccnc2)C1. The standard InChI is InChI=1S/C18H30N4O/c23-18(15-20-9-4-2-1-3-5-10-20)22-11-6-7-17(14-22)13-21-12-8-19-16-21/h8,12,16-17H,1-7,9-11,13-15H2. The van der Waals surface area contributed by atoms with E-state index in [1.807, 2.05) is 18.7 Å². The lowest BCUT2D eigenvalue weighted by atomic mass is 9.98. The maximum absolute atomic E-state index is 12.7. The van der Waals surface area contributed by atoms with Crippen LogP contribution in [0.1, 0.15) is 44.9 Å². The number of aromatic nitrogens is 2. The third kappa shape index (κ3) is 5.06. The Hall–Kier alpha value is -1.36. The number of amides is 1. The van der Waals surface area contributed by atoms with Crippen LogP contribution in [0.25, 0.3) is 0 Å². The molecule has 2 saturated heterocycles. The van der Waals surface area contributed by atoms with Gasteiger partial charge in [-0.25, -0.2) is 4.98 Å². The van der Waals surface area contributed by atoms with E-state index < -0.39 is 0 Å². The molecule has 3 heterocycles. The molecule has 2 fully saturated rings. The molecule has 1 aromatic rings. The van der Waals surface area contributed by atoms with Crippen LogP contribution in [0.2, 0.25) is 0 Å². The van der Waals surface area contributed by atoms with E-state index in [2.05, 4.69) is 19.4 Å². The fraction of sp³-hybridized carbons (Fsp3) is 0.778. The van der Waals surface area contributed by atoms with Gasteiger partial charge in [-0.1, -0.05) is 19.3 Å². The molecule has 2 aliphatic rings. The maximum atomic E-state index is 12.7. The number of carbonyl (C=O) groups excluding carboxylic acids is 1. The van der Waals surface area contributed by atoms with Crippen LogP contribution >= 0.6 is 0 Å². The molecule has 0 aliphatic carbocycles. The van der Waals surface area contributed by atoms with Crippen LogP contribution in [0.3, 0.4) is 0 Å². The predicted molar refractivity (Wildman–Crippen MR) is 91.1 cm³/mol. The molecular weight excluding hydrogens is 288 g/mol. The molecule has 5 nitrogen and oxygen atoms in total. The summed E-state index contributed by atoms with van der Waals surface area (Å²) in [6.07, 6.45) is 14.6. The monoisotopic (exact) mass is 318 g/mol. The van der Waals surface area contributed by atoms with Crippen molar-refractivity contribution in [3.8, 4) is 0 Å². The molecule has 1 aromatic heterocycles. The predicted octanol–water partition coefficient (Wildman–Crippen LogP) is 2.39. The molecule has 1 amide bonds. The Labute approximate surface area is 139 Å². The number of imidazole rings is 1. The Morgan fingerprint density at radius 1 is 1.04 bits per heavy atom. The van der Waals surface area contributed by atoms with Gasteiger partial charge in [-0.05, 0) is 44.7 Å². The van der Waals surface area contributed by atoms with E-state index >= 15 is 0 Å². The lowest BCUT2D eigenvalue weighted by Crippen LogP contribution is -2.46. The van der Waals surface area contributed by atoms with E-state index in [-0.39, 0.29) is 0 Å². The van der Waals surface area contributed by atoms with E-state index in [1.165, 1.54) is 38.5 Å². The van der Waals surface area contributed by atoms with Gasteiger partial charge in [-0.2, -0.15) is 0 Å². The highest BCUT2D eigenvalue weighted by Crippen LogP contribution is 2.19. The second kappa shape index (κ2) is 8.48. The Bertz CT molecular complexity index is 465. The highest BCUT2D eigenvalue weighted by Gasteiger charge is 2.25. The minimum Gasteiger partial charge on any atom is -0.341 e. The Balaban J connectivity index is 1.48. The number of nitrogens with zero attached hydrogens (tertiary/aromatic N) is 4. The topological polar surface area (TPSA) is 41.4 Å². The molecule has 0 aromatic carbocycles. The van der Waals surface area contributed by atoms with Gasteiger partial charge in [0, 0.05) is 32.0 Å². The number of hydrogen-bond acceptors (Lipinski definition) is 3. The fourth-order valence-electron chi connectivity index (χ4n) is 3.90. The number of likely N-dealkylation sites (tertiary alicyclic amines) is 2. The van der Waals surface area contributed by atoms with Gasteiger partial charge >= 0.3 is 0 Å². The lowest BCUT2D eigenvalue weighted by Gasteiger charge is -2.34. The molecule has 128 valence electrons. The second-order valence-electron chi connectivity index (χ2n) is 7.15. The molecule has 23 heavy (non-hydrogen) atoms. The van der Waals surface area contributed by atoms with E-state index in [1.54, 1.807) is 0 Å². The van der Waals surface area contributed by atoms with Crippen LogP contribution in [0.5, 0.6) is 0 Å². The Kier molecular flexibility index (Phi) is 6.08. The Morgan fingerprint density at radius 3 is 2.57 bits per heavy atom. The zero-order chi connectivity index (χ0) is 15.9. The number of hydrogen-bond donors (Lipinski definition) is 0. The second-order valence-corrected chi connectivity index (χ2v) is 7.15. The number of rotatable bonds is 4. The summed E-state index contributed by atoms with van der Waals surface area (Å²) in [4.78, 5) is 21.3. The highest BCUT2D eigenvalue weighted by atomic mass is 16.2. The Morgan fingerprint density at radius 2 is 1.83 bits per heavy atom. The van der Waals surface area contributed by atoms with E-state index in [4.69, 9.17) is 0 Å². The molecule has 0 bridgehead atoms. The first-order valence-corrected chi connectivity index (χ1v) is 9.27. The summed E-state index contributed by atoms with van der Waals surface area (Å²) in [6, 6.07) is 0. The van der Waals surface area contributed by atoms with Crippen LogP contribution in [-0.4, -0.2) is 58.0 Å². The quantitative estimate of drug-likeness (QED) is 0.856. The molecule has 5 heteroatoms. The van der Waals surface area contributed by atoms with Crippen LogP contribution < -0.4 is 0 Å². The molecule has 3 rings (SSSR count). The van der Waals surface area contributed by atoms with Gasteiger partial charge in [-0.3, -0.25) is 9.69 Å². The molecule has 0 radical (unpaired) electrons. The minimum absolute atomic E-state index is 0.334. The van der Waals surface area contributed by atoms with E-state index in [9.17, 15) is 4.79 Å². The summed E-state index contributed by atoms with van der Waals surface area (Å²) < 4.78 is 2.14. The summed E-state index contributed by atoms with van der Waals surface area (Å²) in [5.74, 6) is 0.898. The average molecular weight is 318 g/mol. The maximum Gasteiger partial charge on any atom is 0.236 e. The van der Waals surface area contributed by atoms with Crippen molar-refractivity contribution in [2.24, 2.45) is 5.92 Å². The summed E-state index contributed by atoms with van der Waals surface area (Å²) in [6.45, 7) is 5.64. The fourth-order valence-corrected chi connectivity index (χ4v) is 3.90. The van der Waals surface area contributed by atoms with Crippen molar-refractivity contribution in [2.75, 3.05) is 32.7 Å². The lowest BCUT2D eigenvalue weighted by molar-refractivity contribution is -0.134. The third-order valence-electron chi connectivity index (χ3n) is 5.21. The van der Waals surface area contributed by atoms with Gasteiger partial charge in [0.05, 0.1) is 12.9 Å². The van der Waals surface area contributed by atoms with Crippen molar-refractivity contribution < 1.29 is 4.79 Å². The number of carbonyl (C=O) groups is 1. The van der Waals surface area contributed by atoms with Crippen LogP contribution in [-0.2, 0) is 11.3 Å². The van der Waals surface area contributed by atoms with E-state index in [0.717, 1.165) is 39.1 Å². The van der Waals surface area contributed by atoms with Crippen LogP contribution in [0.15, 0.2) is 18.7 Å². The van der Waals surface area contributed by atoms with Crippen molar-refractivity contribution in [3.63, 3.8) is 0 Å². The summed E-state index contributed by atoms with van der Waals surface area (Å²) in [7, 11) is 0. The van der Waals surface area contributed by atoms with Gasteiger partial charge < -0.3 is 9.47 Å². The van der Waals surface area contributed by atoms with E-state index in [0.29, 0.717) is 18.4 Å². The normalized spacial score (nSPS) is 24.2. The summed E-state index contributed by atoms with van der Waals surface area (Å²) >= 11 is 0. The van der Waals surface area contributed by atoms with Gasteiger partial charge in [0.2, 0.25) is 5.91 Å². The smallest absolute Gasteiger partial charge is 0.236 e. The van der Waals surface area contributed by atoms with Gasteiger partial charge in [0.15, 0.2) is 0 Å². The van der Waals surface area contributed by atoms with Crippen molar-refractivity contribution in [1.82, 2.24) is 19.4 Å². The summed E-state index contributed by atoms with van der Waals surface area (Å²) in [5.41, 5.74) is 0. The molecular formula is C18H30N4O. The first kappa shape index (κ1) is 16.5. The average Bonchev–Trinajstić information content (AvgIpc) is 3.03. The molecule has 1 atom stereocenters. The first-order valence-electron chi connectivity index (χ1n) is 9.27. The number of piperidine rings is 1. The molecule has 2 aliphatic heterocycles. The van der Waals surface area contributed by atoms with Crippen molar-refractivity contribution >= 4 is 5.91 Å². The molecule has 0 spiro atoms. The molecule has 0 N–H and O–H groups in total. The largest absolute Gasteiger partial charge is 0.341 e. The third-order valence-corrected chi connectivity index (χ3v) is 5.21. The molecule has 1 unspecified atom stereocenters. The minimum atomic E-state index is 0.334. The van der Waals surface area contributed by atoms with Crippen molar-refractivity contribution in [3.05, 3.63) is 18.7 Å². The van der Waals surface area contributed by atoms with Crippen LogP contribution in [0, 0.1) is 5.92 Å². The van der Waals surface area contributed by atoms with Gasteiger partial charge in [0.1, 0.15) is 0 Å². The first-order chi connectivity index (χ1) is 11.3. The zero-order valence-electron chi connectivity index (χ0n) is 14.2. The van der Waals surface area contributed by atoms with Gasteiger partial charge in [0.25, 0.3) is 0 Å². The van der Waals surface area contributed by atoms with Crippen molar-refractivity contribution in [1.29, 1.82) is 0 Å². The van der Waals surface area contributed by atoms with Crippen LogP contribution in [0.4, 0.5) is 0 Å². The van der Waals surface area contributed by atoms with Gasteiger partial charge in [-0.15, -0.1) is 0 Å². The molecule has 0 saturated carbocycles. The zero-order valence-corrected chi connectivity index (χ0v) is 14.2. The summed E-state index contributed by atoms with van der Waals surface area (Å²) in [5, 5.41) is 0.